The third kappa shape index (κ3) is 6.47. The lowest BCUT2D eigenvalue weighted by Crippen LogP contribution is -2.40. The number of allylic oxidation sites excluding steroid dienone is 1. The molecule has 44 heavy (non-hydrogen) atoms. The molecule has 0 aliphatic carbocycles. The van der Waals surface area contributed by atoms with E-state index in [9.17, 15) is 19.7 Å². The van der Waals surface area contributed by atoms with Gasteiger partial charge in [0.15, 0.2) is 4.80 Å². The van der Waals surface area contributed by atoms with E-state index >= 15 is 0 Å². The number of nitro benzene ring substituents is 1. The lowest BCUT2D eigenvalue weighted by atomic mass is 9.95. The van der Waals surface area contributed by atoms with Gasteiger partial charge in [-0.15, -0.1) is 0 Å². The van der Waals surface area contributed by atoms with E-state index in [4.69, 9.17) is 14.2 Å². The van der Waals surface area contributed by atoms with Crippen molar-refractivity contribution in [1.29, 1.82) is 0 Å². The molecule has 0 fully saturated rings. The van der Waals surface area contributed by atoms with Gasteiger partial charge in [-0.2, -0.15) is 0 Å². The largest absolute Gasteiger partial charge is 0.491 e. The van der Waals surface area contributed by atoms with E-state index in [0.717, 1.165) is 11.1 Å². The first-order valence-corrected chi connectivity index (χ1v) is 14.9. The summed E-state index contributed by atoms with van der Waals surface area (Å²) in [5, 5.41) is 10.9. The second-order valence-electron chi connectivity index (χ2n) is 10.3. The van der Waals surface area contributed by atoms with Gasteiger partial charge in [-0.05, 0) is 75.2 Å². The zero-order valence-corrected chi connectivity index (χ0v) is 25.5. The summed E-state index contributed by atoms with van der Waals surface area (Å²) < 4.78 is 19.4. The van der Waals surface area contributed by atoms with E-state index in [1.807, 2.05) is 56.3 Å². The summed E-state index contributed by atoms with van der Waals surface area (Å²) >= 11 is 1.23. The number of hydrogen-bond donors (Lipinski definition) is 0. The minimum Gasteiger partial charge on any atom is -0.491 e. The predicted molar refractivity (Wildman–Crippen MR) is 166 cm³/mol. The van der Waals surface area contributed by atoms with E-state index in [0.29, 0.717) is 32.1 Å². The summed E-state index contributed by atoms with van der Waals surface area (Å²) in [6, 6.07) is 20.0. The molecule has 4 aromatic rings. The monoisotopic (exact) mass is 613 g/mol. The quantitative estimate of drug-likeness (QED) is 0.139. The van der Waals surface area contributed by atoms with Crippen LogP contribution >= 0.6 is 11.3 Å². The molecule has 1 aliphatic heterocycles. The molecule has 0 saturated heterocycles. The van der Waals surface area contributed by atoms with Gasteiger partial charge in [0.05, 0.1) is 33.4 Å². The first-order valence-electron chi connectivity index (χ1n) is 14.1. The Morgan fingerprint density at radius 2 is 1.86 bits per heavy atom. The van der Waals surface area contributed by atoms with Crippen molar-refractivity contribution in [3.63, 3.8) is 0 Å². The number of ether oxygens (including phenoxy) is 3. The zero-order chi connectivity index (χ0) is 31.4. The molecule has 1 atom stereocenters. The van der Waals surface area contributed by atoms with E-state index in [-0.39, 0.29) is 36.1 Å². The summed E-state index contributed by atoms with van der Waals surface area (Å²) in [4.78, 5) is 42.9. The van der Waals surface area contributed by atoms with Crippen LogP contribution in [0.2, 0.25) is 0 Å². The number of para-hydroxylation sites is 1. The van der Waals surface area contributed by atoms with Gasteiger partial charge in [-0.1, -0.05) is 41.7 Å². The minimum absolute atomic E-state index is 0.0139. The molecular weight excluding hydrogens is 582 g/mol. The molecule has 3 aromatic carbocycles. The van der Waals surface area contributed by atoms with Crippen LogP contribution in [0.4, 0.5) is 5.69 Å². The van der Waals surface area contributed by atoms with Gasteiger partial charge in [0, 0.05) is 17.7 Å². The number of benzene rings is 3. The van der Waals surface area contributed by atoms with Crippen LogP contribution in [0.5, 0.6) is 11.5 Å². The Balaban J connectivity index is 1.53. The molecule has 0 radical (unpaired) electrons. The molecule has 0 N–H and O–H groups in total. The minimum atomic E-state index is -0.793. The zero-order valence-electron chi connectivity index (χ0n) is 24.7. The topological polar surface area (TPSA) is 122 Å². The van der Waals surface area contributed by atoms with E-state index in [1.54, 1.807) is 38.1 Å². The highest BCUT2D eigenvalue weighted by Gasteiger charge is 2.35. The first-order chi connectivity index (χ1) is 21.2. The van der Waals surface area contributed by atoms with E-state index < -0.39 is 16.9 Å². The van der Waals surface area contributed by atoms with Crippen molar-refractivity contribution in [3.8, 4) is 11.5 Å². The van der Waals surface area contributed by atoms with Crippen LogP contribution in [0.25, 0.3) is 6.08 Å². The second-order valence-corrected chi connectivity index (χ2v) is 11.3. The average Bonchev–Trinajstić information content (AvgIpc) is 3.29. The van der Waals surface area contributed by atoms with Gasteiger partial charge in [0.1, 0.15) is 24.1 Å². The van der Waals surface area contributed by atoms with Crippen LogP contribution in [-0.2, 0) is 16.1 Å². The smallest absolute Gasteiger partial charge is 0.338 e. The number of fused-ring (bicyclic) bond motifs is 1. The fourth-order valence-corrected chi connectivity index (χ4v) is 5.93. The number of carbonyl (C=O) groups is 1. The van der Waals surface area contributed by atoms with Gasteiger partial charge in [-0.25, -0.2) is 9.79 Å². The number of nitrogens with zero attached hydrogens (tertiary/aromatic N) is 3. The Morgan fingerprint density at radius 3 is 2.57 bits per heavy atom. The van der Waals surface area contributed by atoms with Crippen molar-refractivity contribution in [2.24, 2.45) is 4.99 Å². The number of aromatic nitrogens is 1. The Bertz CT molecular complexity index is 1920. The Kier molecular flexibility index (Phi) is 9.05. The Labute approximate surface area is 257 Å². The predicted octanol–water partition coefficient (Wildman–Crippen LogP) is 5.07. The number of thiazole rings is 1. The van der Waals surface area contributed by atoms with Crippen LogP contribution < -0.4 is 24.4 Å². The normalized spacial score (nSPS) is 14.7. The Morgan fingerprint density at radius 1 is 1.11 bits per heavy atom. The van der Waals surface area contributed by atoms with Crippen molar-refractivity contribution in [2.45, 2.75) is 46.4 Å². The number of non-ortho nitro benzene ring substituents is 1. The molecule has 1 aliphatic rings. The molecule has 11 heteroatoms. The summed E-state index contributed by atoms with van der Waals surface area (Å²) in [6.45, 7) is 7.71. The highest BCUT2D eigenvalue weighted by molar-refractivity contribution is 7.07. The molecule has 2 heterocycles. The average molecular weight is 614 g/mol. The molecule has 0 unspecified atom stereocenters. The molecule has 10 nitrogen and oxygen atoms in total. The maximum absolute atomic E-state index is 14.0. The number of carbonyl (C=O) groups excluding carboxylic acids is 1. The summed E-state index contributed by atoms with van der Waals surface area (Å²) in [6.07, 6.45) is 1.64. The molecule has 0 amide bonds. The van der Waals surface area contributed by atoms with Crippen LogP contribution in [0.3, 0.4) is 0 Å². The van der Waals surface area contributed by atoms with Crippen molar-refractivity contribution >= 4 is 29.1 Å². The Hall–Kier alpha value is -5.03. The highest BCUT2D eigenvalue weighted by Crippen LogP contribution is 2.36. The van der Waals surface area contributed by atoms with Crippen molar-refractivity contribution in [1.82, 2.24) is 4.57 Å². The lowest BCUT2D eigenvalue weighted by Gasteiger charge is -2.26. The van der Waals surface area contributed by atoms with Crippen LogP contribution in [0.1, 0.15) is 50.4 Å². The van der Waals surface area contributed by atoms with Gasteiger partial charge in [0.2, 0.25) is 0 Å². The molecular formula is C33H31N3O7S. The van der Waals surface area contributed by atoms with Gasteiger partial charge < -0.3 is 14.2 Å². The molecule has 5 rings (SSSR count). The first kappa shape index (κ1) is 30.4. The van der Waals surface area contributed by atoms with E-state index in [1.165, 1.54) is 28.0 Å². The summed E-state index contributed by atoms with van der Waals surface area (Å²) in [5.41, 5.74) is 2.65. The molecule has 1 aromatic heterocycles. The maximum Gasteiger partial charge on any atom is 0.338 e. The van der Waals surface area contributed by atoms with Crippen LogP contribution in [0, 0.1) is 10.1 Å². The number of hydrogen-bond acceptors (Lipinski definition) is 9. The van der Waals surface area contributed by atoms with Crippen molar-refractivity contribution < 1.29 is 23.9 Å². The van der Waals surface area contributed by atoms with Crippen molar-refractivity contribution in [2.75, 3.05) is 6.61 Å². The molecule has 226 valence electrons. The standard InChI is InChI=1S/C33H31N3O7S/c1-5-41-32(38)29-21(4)34-33-35(30(29)26-11-6-7-12-27(26)43-20(2)3)31(37)28(44-33)18-23-9-8-10-25(17-23)42-19-22-13-15-24(16-14-22)36(39)40/h6-18,20,30H,5,19H2,1-4H3/b28-18-/t30-/m0/s1. The van der Waals surface area contributed by atoms with Crippen LogP contribution in [0.15, 0.2) is 93.9 Å². The third-order valence-electron chi connectivity index (χ3n) is 6.80. The van der Waals surface area contributed by atoms with E-state index in [2.05, 4.69) is 4.99 Å². The second kappa shape index (κ2) is 13.1. The third-order valence-corrected chi connectivity index (χ3v) is 7.78. The summed E-state index contributed by atoms with van der Waals surface area (Å²) in [5.74, 6) is 0.602. The van der Waals surface area contributed by atoms with Crippen LogP contribution in [-0.4, -0.2) is 28.2 Å². The van der Waals surface area contributed by atoms with Gasteiger partial charge >= 0.3 is 5.97 Å². The fourth-order valence-electron chi connectivity index (χ4n) is 4.88. The van der Waals surface area contributed by atoms with Crippen molar-refractivity contribution in [3.05, 3.63) is 131 Å². The molecule has 0 saturated carbocycles. The summed E-state index contributed by atoms with van der Waals surface area (Å²) in [7, 11) is 0. The SMILES string of the molecule is CCOC(=O)C1=C(C)N=c2s/c(=C\c3cccc(OCc4ccc([N+](=O)[O-])cc4)c3)c(=O)n2[C@H]1c1ccccc1OC(C)C. The lowest BCUT2D eigenvalue weighted by molar-refractivity contribution is -0.384. The molecule has 0 spiro atoms. The fraction of sp³-hybridized carbons (Fsp3) is 0.242. The number of esters is 1. The highest BCUT2D eigenvalue weighted by atomic mass is 32.1. The number of nitro groups is 1. The van der Waals surface area contributed by atoms with Gasteiger partial charge in [-0.3, -0.25) is 19.5 Å². The number of rotatable bonds is 10. The van der Waals surface area contributed by atoms with Gasteiger partial charge in [0.25, 0.3) is 11.2 Å². The maximum atomic E-state index is 14.0. The molecule has 0 bridgehead atoms.